The van der Waals surface area contributed by atoms with Gasteiger partial charge in [0.2, 0.25) is 0 Å². The number of hydrogen-bond acceptors (Lipinski definition) is 6. The second-order valence-electron chi connectivity index (χ2n) is 7.33. The van der Waals surface area contributed by atoms with Crippen LogP contribution in [0.15, 0.2) is 24.5 Å². The summed E-state index contributed by atoms with van der Waals surface area (Å²) in [6.07, 6.45) is 7.27. The van der Waals surface area contributed by atoms with E-state index >= 15 is 0 Å². The molecule has 0 spiro atoms. The second kappa shape index (κ2) is 9.05. The quantitative estimate of drug-likeness (QED) is 0.503. The predicted octanol–water partition coefficient (Wildman–Crippen LogP) is 6.13. The Hall–Kier alpha value is -2.25. The van der Waals surface area contributed by atoms with Gasteiger partial charge < -0.3 is 14.8 Å². The molecule has 4 rings (SSSR count). The molecule has 29 heavy (non-hydrogen) atoms. The van der Waals surface area contributed by atoms with Crippen molar-refractivity contribution in [1.82, 2.24) is 9.97 Å². The Bertz CT molecular complexity index is 986. The minimum absolute atomic E-state index is 0.136. The van der Waals surface area contributed by atoms with E-state index in [2.05, 4.69) is 22.2 Å². The highest BCUT2D eigenvalue weighted by molar-refractivity contribution is 7.18. The van der Waals surface area contributed by atoms with Crippen molar-refractivity contribution in [2.75, 3.05) is 11.9 Å². The number of benzene rings is 1. The fourth-order valence-electron chi connectivity index (χ4n) is 3.73. The fraction of sp³-hybridized carbons (Fsp3) is 0.455. The number of thiophene rings is 1. The highest BCUT2D eigenvalue weighted by Crippen LogP contribution is 2.37. The lowest BCUT2D eigenvalue weighted by atomic mass is 9.98. The van der Waals surface area contributed by atoms with Crippen molar-refractivity contribution in [3.05, 3.63) is 40.8 Å². The van der Waals surface area contributed by atoms with Crippen LogP contribution in [-0.4, -0.2) is 22.7 Å². The van der Waals surface area contributed by atoms with Crippen molar-refractivity contribution in [3.63, 3.8) is 0 Å². The summed E-state index contributed by atoms with van der Waals surface area (Å²) in [6.45, 7) is 5.28. The lowest BCUT2D eigenvalue weighted by Crippen LogP contribution is -2.20. The SMILES string of the molecule is CCOCc1sc2ncnc(Nc3ccc(F)cc3OC3CCCCC3)c2c1C. The van der Waals surface area contributed by atoms with Gasteiger partial charge in [-0.1, -0.05) is 6.42 Å². The van der Waals surface area contributed by atoms with Gasteiger partial charge in [-0.3, -0.25) is 0 Å². The molecule has 5 nitrogen and oxygen atoms in total. The molecule has 154 valence electrons. The molecule has 1 N–H and O–H groups in total. The van der Waals surface area contributed by atoms with Crippen LogP contribution in [0.25, 0.3) is 10.2 Å². The van der Waals surface area contributed by atoms with E-state index in [1.165, 1.54) is 18.6 Å². The van der Waals surface area contributed by atoms with Gasteiger partial charge in [0.1, 0.15) is 28.5 Å². The molecule has 2 aromatic heterocycles. The number of rotatable bonds is 7. The summed E-state index contributed by atoms with van der Waals surface area (Å²) in [4.78, 5) is 10.9. The van der Waals surface area contributed by atoms with E-state index in [9.17, 15) is 4.39 Å². The van der Waals surface area contributed by atoms with Gasteiger partial charge in [-0.25, -0.2) is 14.4 Å². The molecule has 1 aliphatic rings. The highest BCUT2D eigenvalue weighted by Gasteiger charge is 2.19. The molecule has 0 unspecified atom stereocenters. The number of nitrogens with zero attached hydrogens (tertiary/aromatic N) is 2. The fourth-order valence-corrected chi connectivity index (χ4v) is 4.81. The zero-order valence-electron chi connectivity index (χ0n) is 16.8. The van der Waals surface area contributed by atoms with Gasteiger partial charge in [0.15, 0.2) is 0 Å². The minimum Gasteiger partial charge on any atom is -0.488 e. The van der Waals surface area contributed by atoms with Gasteiger partial charge in [0, 0.05) is 17.6 Å². The molecule has 0 saturated heterocycles. The molecule has 0 amide bonds. The van der Waals surface area contributed by atoms with Gasteiger partial charge in [0.05, 0.1) is 23.8 Å². The molecule has 0 aliphatic heterocycles. The number of ether oxygens (including phenoxy) is 2. The van der Waals surface area contributed by atoms with Crippen LogP contribution in [0.5, 0.6) is 5.75 Å². The van der Waals surface area contributed by atoms with E-state index in [0.717, 1.165) is 46.3 Å². The smallest absolute Gasteiger partial charge is 0.146 e. The van der Waals surface area contributed by atoms with Crippen molar-refractivity contribution in [1.29, 1.82) is 0 Å². The lowest BCUT2D eigenvalue weighted by Gasteiger charge is -2.24. The summed E-state index contributed by atoms with van der Waals surface area (Å²) in [5.74, 6) is 0.928. The highest BCUT2D eigenvalue weighted by atomic mass is 32.1. The standard InChI is InChI=1S/C22H26FN3O2S/c1-3-27-12-19-14(2)20-21(24-13-25-22(20)29-19)26-17-10-9-15(23)11-18(17)28-16-7-5-4-6-8-16/h9-11,13,16H,3-8,12H2,1-2H3,(H,24,25,26). The first kappa shape index (κ1) is 20.0. The molecule has 2 heterocycles. The van der Waals surface area contributed by atoms with Crippen molar-refractivity contribution < 1.29 is 13.9 Å². The summed E-state index contributed by atoms with van der Waals surface area (Å²) >= 11 is 1.62. The van der Waals surface area contributed by atoms with Crippen LogP contribution in [0, 0.1) is 12.7 Å². The first-order valence-electron chi connectivity index (χ1n) is 10.2. The Kier molecular flexibility index (Phi) is 6.25. The molecular weight excluding hydrogens is 389 g/mol. The molecule has 1 saturated carbocycles. The van der Waals surface area contributed by atoms with Gasteiger partial charge in [0.25, 0.3) is 0 Å². The largest absolute Gasteiger partial charge is 0.488 e. The summed E-state index contributed by atoms with van der Waals surface area (Å²) in [7, 11) is 0. The molecular formula is C22H26FN3O2S. The Morgan fingerprint density at radius 1 is 1.21 bits per heavy atom. The van der Waals surface area contributed by atoms with E-state index < -0.39 is 0 Å². The number of nitrogens with one attached hydrogen (secondary N) is 1. The van der Waals surface area contributed by atoms with Crippen molar-refractivity contribution in [2.45, 2.75) is 58.7 Å². The zero-order chi connectivity index (χ0) is 20.2. The summed E-state index contributed by atoms with van der Waals surface area (Å²) in [5, 5.41) is 4.34. The molecule has 0 atom stereocenters. The van der Waals surface area contributed by atoms with E-state index in [1.807, 2.05) is 6.92 Å². The van der Waals surface area contributed by atoms with Crippen LogP contribution in [0.1, 0.15) is 49.5 Å². The van der Waals surface area contributed by atoms with Crippen LogP contribution in [0.4, 0.5) is 15.9 Å². The molecule has 0 radical (unpaired) electrons. The van der Waals surface area contributed by atoms with E-state index in [1.54, 1.807) is 23.7 Å². The Morgan fingerprint density at radius 2 is 2.03 bits per heavy atom. The van der Waals surface area contributed by atoms with Gasteiger partial charge in [-0.2, -0.15) is 0 Å². The second-order valence-corrected chi connectivity index (χ2v) is 8.42. The number of halogens is 1. The maximum absolute atomic E-state index is 13.9. The number of aromatic nitrogens is 2. The first-order chi connectivity index (χ1) is 14.2. The van der Waals surface area contributed by atoms with Crippen molar-refractivity contribution in [2.24, 2.45) is 0 Å². The third-order valence-corrected chi connectivity index (χ3v) is 6.48. The van der Waals surface area contributed by atoms with Crippen LogP contribution in [0.2, 0.25) is 0 Å². The predicted molar refractivity (Wildman–Crippen MR) is 115 cm³/mol. The summed E-state index contributed by atoms with van der Waals surface area (Å²) in [5.41, 5.74) is 1.83. The van der Waals surface area contributed by atoms with E-state index in [0.29, 0.717) is 30.5 Å². The zero-order valence-corrected chi connectivity index (χ0v) is 17.7. The maximum atomic E-state index is 13.9. The average molecular weight is 416 g/mol. The summed E-state index contributed by atoms with van der Waals surface area (Å²) < 4.78 is 25.7. The Morgan fingerprint density at radius 3 is 2.83 bits per heavy atom. The van der Waals surface area contributed by atoms with Gasteiger partial charge in [-0.15, -0.1) is 11.3 Å². The maximum Gasteiger partial charge on any atom is 0.146 e. The molecule has 1 fully saturated rings. The first-order valence-corrected chi connectivity index (χ1v) is 11.0. The average Bonchev–Trinajstić information content (AvgIpc) is 3.06. The number of hydrogen-bond donors (Lipinski definition) is 1. The number of anilines is 2. The lowest BCUT2D eigenvalue weighted by molar-refractivity contribution is 0.136. The number of fused-ring (bicyclic) bond motifs is 1. The van der Waals surface area contributed by atoms with Crippen LogP contribution < -0.4 is 10.1 Å². The van der Waals surface area contributed by atoms with Crippen LogP contribution >= 0.6 is 11.3 Å². The monoisotopic (exact) mass is 415 g/mol. The Balaban J connectivity index is 1.65. The van der Waals surface area contributed by atoms with Crippen LogP contribution in [-0.2, 0) is 11.3 Å². The van der Waals surface area contributed by atoms with Gasteiger partial charge in [-0.05, 0) is 57.2 Å². The molecule has 3 aromatic rings. The topological polar surface area (TPSA) is 56.3 Å². The third kappa shape index (κ3) is 4.51. The third-order valence-electron chi connectivity index (χ3n) is 5.31. The number of aryl methyl sites for hydroxylation is 1. The molecule has 1 aliphatic carbocycles. The van der Waals surface area contributed by atoms with Crippen molar-refractivity contribution in [3.8, 4) is 5.75 Å². The normalized spacial score (nSPS) is 15.0. The van der Waals surface area contributed by atoms with E-state index in [-0.39, 0.29) is 11.9 Å². The summed E-state index contributed by atoms with van der Waals surface area (Å²) in [6, 6.07) is 4.61. The van der Waals surface area contributed by atoms with Gasteiger partial charge >= 0.3 is 0 Å². The molecule has 7 heteroatoms. The Labute approximate surface area is 174 Å². The molecule has 0 bridgehead atoms. The minimum atomic E-state index is -0.306. The van der Waals surface area contributed by atoms with E-state index in [4.69, 9.17) is 9.47 Å². The van der Waals surface area contributed by atoms with Crippen LogP contribution in [0.3, 0.4) is 0 Å². The van der Waals surface area contributed by atoms with Crippen molar-refractivity contribution >= 4 is 33.1 Å². The molecule has 1 aromatic carbocycles.